The van der Waals surface area contributed by atoms with E-state index in [9.17, 15) is 9.59 Å². The number of nitrogens with zero attached hydrogens (tertiary/aromatic N) is 2. The first-order chi connectivity index (χ1) is 16.7. The molecule has 0 spiro atoms. The van der Waals surface area contributed by atoms with Gasteiger partial charge in [-0.2, -0.15) is 4.98 Å². The lowest BCUT2D eigenvalue weighted by Crippen LogP contribution is -2.27. The highest BCUT2D eigenvalue weighted by Gasteiger charge is 2.19. The molecule has 10 heteroatoms. The third kappa shape index (κ3) is 7.89. The molecule has 0 radical (unpaired) electrons. The van der Waals surface area contributed by atoms with E-state index in [1.165, 1.54) is 18.0 Å². The van der Waals surface area contributed by atoms with E-state index in [-0.39, 0.29) is 17.4 Å². The summed E-state index contributed by atoms with van der Waals surface area (Å²) in [6.07, 6.45) is 2.67. The van der Waals surface area contributed by atoms with Gasteiger partial charge in [0, 0.05) is 24.5 Å². The lowest BCUT2D eigenvalue weighted by molar-refractivity contribution is 0.0635. The van der Waals surface area contributed by atoms with Crippen LogP contribution >= 0.6 is 11.8 Å². The van der Waals surface area contributed by atoms with Crippen LogP contribution in [0, 0.1) is 0 Å². The molecule has 0 fully saturated rings. The zero-order chi connectivity index (χ0) is 25.4. The summed E-state index contributed by atoms with van der Waals surface area (Å²) in [6, 6.07) is 14.1. The van der Waals surface area contributed by atoms with Crippen LogP contribution in [0.2, 0.25) is 0 Å². The highest BCUT2D eigenvalue weighted by atomic mass is 32.2. The number of carbonyl (C=O) groups excluding carboxylic acids is 2. The van der Waals surface area contributed by atoms with E-state index < -0.39 is 11.7 Å². The first-order valence-electron chi connectivity index (χ1n) is 10.8. The molecule has 1 aromatic heterocycles. The highest BCUT2D eigenvalue weighted by molar-refractivity contribution is 7.98. The van der Waals surface area contributed by atoms with Crippen LogP contribution in [0.5, 0.6) is 17.4 Å². The minimum absolute atomic E-state index is 0.103. The number of ether oxygens (including phenoxy) is 3. The highest BCUT2D eigenvalue weighted by Crippen LogP contribution is 2.27. The second-order valence-corrected chi connectivity index (χ2v) is 9.14. The van der Waals surface area contributed by atoms with Gasteiger partial charge >= 0.3 is 6.09 Å². The van der Waals surface area contributed by atoms with Crippen LogP contribution in [0.3, 0.4) is 0 Å². The van der Waals surface area contributed by atoms with Crippen LogP contribution in [0.4, 0.5) is 10.5 Å². The number of methoxy groups -OCH3 is 1. The maximum atomic E-state index is 12.9. The van der Waals surface area contributed by atoms with E-state index >= 15 is 0 Å². The summed E-state index contributed by atoms with van der Waals surface area (Å²) in [5, 5.41) is 5.97. The van der Waals surface area contributed by atoms with Crippen molar-refractivity contribution < 1.29 is 23.8 Å². The van der Waals surface area contributed by atoms with Gasteiger partial charge in [-0.25, -0.2) is 9.78 Å². The zero-order valence-electron chi connectivity index (χ0n) is 20.2. The second-order valence-electron chi connectivity index (χ2n) is 8.36. The van der Waals surface area contributed by atoms with Crippen LogP contribution in [0.15, 0.2) is 59.9 Å². The molecule has 0 aliphatic carbocycles. The Morgan fingerprint density at radius 2 is 1.80 bits per heavy atom. The lowest BCUT2D eigenvalue weighted by atomic mass is 10.2. The molecule has 3 rings (SSSR count). The average molecular weight is 497 g/mol. The first kappa shape index (κ1) is 25.8. The normalized spacial score (nSPS) is 10.9. The number of hydrogen-bond donors (Lipinski definition) is 2. The molecule has 2 aromatic carbocycles. The van der Waals surface area contributed by atoms with E-state index in [4.69, 9.17) is 14.2 Å². The predicted molar refractivity (Wildman–Crippen MR) is 134 cm³/mol. The summed E-state index contributed by atoms with van der Waals surface area (Å²) >= 11 is 1.33. The number of rotatable bonds is 8. The van der Waals surface area contributed by atoms with Gasteiger partial charge in [-0.15, -0.1) is 0 Å². The molecule has 3 aromatic rings. The molecule has 0 atom stereocenters. The van der Waals surface area contributed by atoms with Crippen molar-refractivity contribution >= 4 is 29.4 Å². The number of aromatic nitrogens is 2. The Hall–Kier alpha value is -3.79. The molecule has 2 amide bonds. The summed E-state index contributed by atoms with van der Waals surface area (Å²) < 4.78 is 16.4. The van der Waals surface area contributed by atoms with Crippen molar-refractivity contribution in [3.05, 3.63) is 65.9 Å². The van der Waals surface area contributed by atoms with Gasteiger partial charge in [-0.05, 0) is 56.9 Å². The molecule has 0 aliphatic heterocycles. The van der Waals surface area contributed by atoms with Gasteiger partial charge in [0.05, 0.1) is 7.11 Å². The van der Waals surface area contributed by atoms with Crippen molar-refractivity contribution in [2.75, 3.05) is 18.7 Å². The Morgan fingerprint density at radius 3 is 2.46 bits per heavy atom. The fraction of sp³-hybridized carbons (Fsp3) is 0.280. The van der Waals surface area contributed by atoms with Crippen molar-refractivity contribution in [1.82, 2.24) is 15.3 Å². The summed E-state index contributed by atoms with van der Waals surface area (Å²) in [4.78, 5) is 33.6. The number of carbonyl (C=O) groups is 2. The summed E-state index contributed by atoms with van der Waals surface area (Å²) in [5.41, 5.74) is 0.939. The van der Waals surface area contributed by atoms with Crippen LogP contribution in [-0.4, -0.2) is 40.9 Å². The van der Waals surface area contributed by atoms with Gasteiger partial charge in [0.15, 0.2) is 5.16 Å². The molecule has 2 N–H and O–H groups in total. The molecular weight excluding hydrogens is 468 g/mol. The molecular formula is C25H28N4O5S. The largest absolute Gasteiger partial charge is 0.497 e. The fourth-order valence-corrected chi connectivity index (χ4v) is 3.21. The van der Waals surface area contributed by atoms with Gasteiger partial charge in [-0.1, -0.05) is 30.0 Å². The summed E-state index contributed by atoms with van der Waals surface area (Å²) in [6.45, 7) is 5.66. The van der Waals surface area contributed by atoms with Crippen LogP contribution < -0.4 is 20.1 Å². The van der Waals surface area contributed by atoms with Gasteiger partial charge in [0.2, 0.25) is 5.88 Å². The average Bonchev–Trinajstić information content (AvgIpc) is 2.81. The van der Waals surface area contributed by atoms with Crippen LogP contribution in [0.1, 0.15) is 36.7 Å². The lowest BCUT2D eigenvalue weighted by Gasteiger charge is -2.19. The van der Waals surface area contributed by atoms with Gasteiger partial charge < -0.3 is 19.5 Å². The summed E-state index contributed by atoms with van der Waals surface area (Å²) in [5.74, 6) is 0.839. The third-order valence-corrected chi connectivity index (χ3v) is 5.03. The van der Waals surface area contributed by atoms with E-state index in [1.54, 1.807) is 52.1 Å². The number of benzene rings is 2. The number of nitrogens with one attached hydrogen (secondary N) is 2. The Morgan fingerprint density at radius 1 is 1.06 bits per heavy atom. The molecule has 0 saturated carbocycles. The minimum Gasteiger partial charge on any atom is -0.497 e. The SMILES string of the molecule is COc1ccc(CNC(=O)c2cnc(SC)nc2Oc2cccc(NC(=O)OC(C)(C)C)c2)cc1. The third-order valence-electron chi connectivity index (χ3n) is 4.46. The monoisotopic (exact) mass is 496 g/mol. The number of amides is 2. The topological polar surface area (TPSA) is 112 Å². The maximum Gasteiger partial charge on any atom is 0.412 e. The standard InChI is InChI=1S/C25H28N4O5S/c1-25(2,3)34-24(31)28-17-7-6-8-19(13-17)33-22-20(15-27-23(29-22)35-5)21(30)26-14-16-9-11-18(32-4)12-10-16/h6-13,15H,14H2,1-5H3,(H,26,30)(H,28,31). The Kier molecular flexibility index (Phi) is 8.53. The quantitative estimate of drug-likeness (QED) is 0.320. The second kappa shape index (κ2) is 11.6. The van der Waals surface area contributed by atoms with Crippen molar-refractivity contribution in [2.24, 2.45) is 0 Å². The molecule has 9 nitrogen and oxygen atoms in total. The molecule has 0 aliphatic rings. The molecule has 0 bridgehead atoms. The van der Waals surface area contributed by atoms with E-state index in [0.29, 0.717) is 23.1 Å². The molecule has 35 heavy (non-hydrogen) atoms. The van der Waals surface area contributed by atoms with Crippen molar-refractivity contribution in [3.63, 3.8) is 0 Å². The van der Waals surface area contributed by atoms with E-state index in [2.05, 4.69) is 20.6 Å². The molecule has 1 heterocycles. The van der Waals surface area contributed by atoms with Gasteiger partial charge in [0.25, 0.3) is 5.91 Å². The number of hydrogen-bond acceptors (Lipinski definition) is 8. The van der Waals surface area contributed by atoms with Crippen LogP contribution in [0.25, 0.3) is 0 Å². The first-order valence-corrected chi connectivity index (χ1v) is 12.0. The molecule has 0 saturated heterocycles. The van der Waals surface area contributed by atoms with Crippen molar-refractivity contribution in [2.45, 2.75) is 38.1 Å². The Labute approximate surface area is 208 Å². The molecule has 184 valence electrons. The Balaban J connectivity index is 1.75. The van der Waals surface area contributed by atoms with E-state index in [0.717, 1.165) is 11.3 Å². The smallest absolute Gasteiger partial charge is 0.412 e. The van der Waals surface area contributed by atoms with Crippen molar-refractivity contribution in [1.29, 1.82) is 0 Å². The molecule has 0 unspecified atom stereocenters. The Bertz CT molecular complexity index is 1180. The zero-order valence-corrected chi connectivity index (χ0v) is 21.1. The summed E-state index contributed by atoms with van der Waals surface area (Å²) in [7, 11) is 1.60. The maximum absolute atomic E-state index is 12.9. The van der Waals surface area contributed by atoms with Crippen molar-refractivity contribution in [3.8, 4) is 17.4 Å². The fourth-order valence-electron chi connectivity index (χ4n) is 2.87. The van der Waals surface area contributed by atoms with E-state index in [1.807, 2.05) is 30.5 Å². The predicted octanol–water partition coefficient (Wildman–Crippen LogP) is 5.28. The van der Waals surface area contributed by atoms with Crippen LogP contribution in [-0.2, 0) is 11.3 Å². The van der Waals surface area contributed by atoms with Gasteiger partial charge in [-0.3, -0.25) is 10.1 Å². The number of thioether (sulfide) groups is 1. The van der Waals surface area contributed by atoms with Gasteiger partial charge in [0.1, 0.15) is 22.7 Å². The minimum atomic E-state index is -0.624. The number of anilines is 1.